The molecule has 29 heavy (non-hydrogen) atoms. The molecule has 3 rings (SSSR count). The minimum atomic E-state index is -1.04. The molecular weight excluding hydrogens is 377 g/mol. The molecule has 2 atom stereocenters. The summed E-state index contributed by atoms with van der Waals surface area (Å²) < 4.78 is 55.1. The molecule has 5 heteroatoms. The highest BCUT2D eigenvalue weighted by molar-refractivity contribution is 5.66. The number of hydrogen-bond donors (Lipinski definition) is 0. The van der Waals surface area contributed by atoms with Crippen LogP contribution < -0.4 is 4.74 Å². The Hall–Kier alpha value is -2.01. The number of hydrogen-bond acceptors (Lipinski definition) is 2. The van der Waals surface area contributed by atoms with E-state index in [1.165, 1.54) is 43.5 Å². The minimum Gasteiger partial charge on any atom is -0.494 e. The first-order valence-corrected chi connectivity index (χ1v) is 10.6. The third-order valence-corrected chi connectivity index (χ3v) is 5.59. The zero-order valence-electron chi connectivity index (χ0n) is 17.1. The maximum Gasteiger partial charge on any atom is 0.167 e. The van der Waals surface area contributed by atoms with Gasteiger partial charge in [0.1, 0.15) is 11.6 Å². The van der Waals surface area contributed by atoms with Crippen LogP contribution in [0.25, 0.3) is 11.1 Å². The first kappa shape index (κ1) is 21.7. The van der Waals surface area contributed by atoms with Gasteiger partial charge in [-0.2, -0.15) is 0 Å². The van der Waals surface area contributed by atoms with Crippen LogP contribution in [0, 0.1) is 23.4 Å². The Balaban J connectivity index is 1.74. The fourth-order valence-electron chi connectivity index (χ4n) is 3.95. The maximum absolute atomic E-state index is 14.8. The van der Waals surface area contributed by atoms with E-state index >= 15 is 0 Å². The second-order valence-corrected chi connectivity index (χ2v) is 7.67. The zero-order valence-corrected chi connectivity index (χ0v) is 17.1. The fourth-order valence-corrected chi connectivity index (χ4v) is 3.95. The Bertz CT molecular complexity index is 814. The van der Waals surface area contributed by atoms with Crippen molar-refractivity contribution in [2.24, 2.45) is 5.92 Å². The Labute approximate surface area is 171 Å². The van der Waals surface area contributed by atoms with Crippen LogP contribution in [0.2, 0.25) is 0 Å². The Morgan fingerprint density at radius 2 is 1.76 bits per heavy atom. The maximum atomic E-state index is 14.8. The molecule has 0 spiro atoms. The standard InChI is InChI=1S/C24H29F3O2/c1-3-5-6-7-16-8-13-22(29-15-16)20-12-11-19(23(26)24(20)27)18-10-9-17(28-4-2)14-21(18)25/h9-12,14,16,22H,3-8,13,15H2,1-2H3. The number of halogens is 3. The monoisotopic (exact) mass is 406 g/mol. The van der Waals surface area contributed by atoms with Crippen LogP contribution >= 0.6 is 0 Å². The van der Waals surface area contributed by atoms with E-state index in [-0.39, 0.29) is 16.7 Å². The van der Waals surface area contributed by atoms with Crippen LogP contribution in [0.1, 0.15) is 64.0 Å². The van der Waals surface area contributed by atoms with Gasteiger partial charge in [-0.15, -0.1) is 0 Å². The van der Waals surface area contributed by atoms with Gasteiger partial charge in [0.25, 0.3) is 0 Å². The van der Waals surface area contributed by atoms with Gasteiger partial charge in [0.2, 0.25) is 0 Å². The van der Waals surface area contributed by atoms with Crippen molar-refractivity contribution in [1.29, 1.82) is 0 Å². The highest BCUT2D eigenvalue weighted by Crippen LogP contribution is 2.37. The molecule has 0 N–H and O–H groups in total. The first-order chi connectivity index (χ1) is 14.0. The van der Waals surface area contributed by atoms with E-state index in [4.69, 9.17) is 9.47 Å². The molecule has 0 aromatic heterocycles. The molecule has 158 valence electrons. The summed E-state index contributed by atoms with van der Waals surface area (Å²) in [4.78, 5) is 0. The van der Waals surface area contributed by atoms with Gasteiger partial charge in [-0.1, -0.05) is 38.3 Å². The van der Waals surface area contributed by atoms with Crippen molar-refractivity contribution < 1.29 is 22.6 Å². The Kier molecular flexibility index (Phi) is 7.59. The molecule has 0 amide bonds. The van der Waals surface area contributed by atoms with Gasteiger partial charge in [-0.25, -0.2) is 13.2 Å². The van der Waals surface area contributed by atoms with Crippen LogP contribution in [0.4, 0.5) is 13.2 Å². The van der Waals surface area contributed by atoms with Gasteiger partial charge in [0.15, 0.2) is 11.6 Å². The quantitative estimate of drug-likeness (QED) is 0.431. The Morgan fingerprint density at radius 3 is 2.41 bits per heavy atom. The highest BCUT2D eigenvalue weighted by atomic mass is 19.2. The molecule has 1 aliphatic heterocycles. The molecule has 2 aromatic rings. The van der Waals surface area contributed by atoms with Gasteiger partial charge in [-0.3, -0.25) is 0 Å². The molecule has 1 saturated heterocycles. The van der Waals surface area contributed by atoms with Crippen molar-refractivity contribution >= 4 is 0 Å². The predicted octanol–water partition coefficient (Wildman–Crippen LogP) is 7.22. The Morgan fingerprint density at radius 1 is 0.966 bits per heavy atom. The predicted molar refractivity (Wildman–Crippen MR) is 108 cm³/mol. The number of benzene rings is 2. The second-order valence-electron chi connectivity index (χ2n) is 7.67. The molecule has 0 saturated carbocycles. The van der Waals surface area contributed by atoms with Gasteiger partial charge in [0.05, 0.1) is 19.3 Å². The number of unbranched alkanes of at least 4 members (excludes halogenated alkanes) is 2. The average Bonchev–Trinajstić information content (AvgIpc) is 2.72. The SMILES string of the molecule is CCCCCC1CCC(c2ccc(-c3ccc(OCC)cc3F)c(F)c2F)OC1. The van der Waals surface area contributed by atoms with Gasteiger partial charge in [0, 0.05) is 22.8 Å². The summed E-state index contributed by atoms with van der Waals surface area (Å²) >= 11 is 0. The van der Waals surface area contributed by atoms with Crippen molar-refractivity contribution in [3.05, 3.63) is 53.3 Å². The highest BCUT2D eigenvalue weighted by Gasteiger charge is 2.27. The third-order valence-electron chi connectivity index (χ3n) is 5.59. The first-order valence-electron chi connectivity index (χ1n) is 10.6. The minimum absolute atomic E-state index is 0.0111. The molecule has 1 aliphatic rings. The topological polar surface area (TPSA) is 18.5 Å². The van der Waals surface area contributed by atoms with E-state index in [9.17, 15) is 13.2 Å². The van der Waals surface area contributed by atoms with E-state index < -0.39 is 23.6 Å². The van der Waals surface area contributed by atoms with Crippen LogP contribution in [-0.4, -0.2) is 13.2 Å². The van der Waals surface area contributed by atoms with E-state index in [1.54, 1.807) is 13.0 Å². The molecule has 1 heterocycles. The molecule has 2 nitrogen and oxygen atoms in total. The van der Waals surface area contributed by atoms with Gasteiger partial charge >= 0.3 is 0 Å². The normalized spacial score (nSPS) is 19.3. The molecule has 0 aliphatic carbocycles. The van der Waals surface area contributed by atoms with E-state index in [2.05, 4.69) is 6.92 Å². The summed E-state index contributed by atoms with van der Waals surface area (Å²) in [5, 5.41) is 0. The van der Waals surface area contributed by atoms with Crippen molar-refractivity contribution in [2.75, 3.05) is 13.2 Å². The van der Waals surface area contributed by atoms with Crippen LogP contribution in [0.15, 0.2) is 30.3 Å². The van der Waals surface area contributed by atoms with Gasteiger partial charge in [-0.05, 0) is 44.2 Å². The largest absolute Gasteiger partial charge is 0.494 e. The van der Waals surface area contributed by atoms with E-state index in [0.29, 0.717) is 31.3 Å². The molecule has 0 radical (unpaired) electrons. The molecule has 0 bridgehead atoms. The lowest BCUT2D eigenvalue weighted by Crippen LogP contribution is -2.21. The summed E-state index contributed by atoms with van der Waals surface area (Å²) in [7, 11) is 0. The van der Waals surface area contributed by atoms with Crippen molar-refractivity contribution in [1.82, 2.24) is 0 Å². The van der Waals surface area contributed by atoms with E-state index in [1.807, 2.05) is 0 Å². The summed E-state index contributed by atoms with van der Waals surface area (Å²) in [6.45, 7) is 4.94. The summed E-state index contributed by atoms with van der Waals surface area (Å²) in [5.41, 5.74) is 0.126. The lowest BCUT2D eigenvalue weighted by atomic mass is 9.90. The fraction of sp³-hybridized carbons (Fsp3) is 0.500. The molecule has 2 aromatic carbocycles. The van der Waals surface area contributed by atoms with Crippen LogP contribution in [-0.2, 0) is 4.74 Å². The lowest BCUT2D eigenvalue weighted by Gasteiger charge is -2.29. The summed E-state index contributed by atoms with van der Waals surface area (Å²) in [5.74, 6) is -1.80. The molecule has 1 fully saturated rings. The lowest BCUT2D eigenvalue weighted by molar-refractivity contribution is -0.0218. The average molecular weight is 406 g/mol. The molecule has 2 unspecified atom stereocenters. The smallest absolute Gasteiger partial charge is 0.167 e. The van der Waals surface area contributed by atoms with Crippen LogP contribution in [0.5, 0.6) is 5.75 Å². The van der Waals surface area contributed by atoms with Gasteiger partial charge < -0.3 is 9.47 Å². The third kappa shape index (κ3) is 5.13. The van der Waals surface area contributed by atoms with E-state index in [0.717, 1.165) is 12.8 Å². The number of rotatable bonds is 8. The second kappa shape index (κ2) is 10.1. The molecular formula is C24H29F3O2. The summed E-state index contributed by atoms with van der Waals surface area (Å²) in [6.07, 6.45) is 5.86. The van der Waals surface area contributed by atoms with Crippen molar-refractivity contribution in [3.63, 3.8) is 0 Å². The van der Waals surface area contributed by atoms with Crippen molar-refractivity contribution in [3.8, 4) is 16.9 Å². The van der Waals surface area contributed by atoms with Crippen LogP contribution in [0.3, 0.4) is 0 Å². The zero-order chi connectivity index (χ0) is 20.8. The number of ether oxygens (including phenoxy) is 2. The van der Waals surface area contributed by atoms with Crippen molar-refractivity contribution in [2.45, 2.75) is 58.5 Å². The summed E-state index contributed by atoms with van der Waals surface area (Å²) in [6, 6.07) is 7.11.